The minimum Gasteiger partial charge on any atom is -0.481 e. The van der Waals surface area contributed by atoms with Crippen molar-refractivity contribution in [3.63, 3.8) is 0 Å². The van der Waals surface area contributed by atoms with Crippen LogP contribution in [-0.4, -0.2) is 38.6 Å². The predicted molar refractivity (Wildman–Crippen MR) is 113 cm³/mol. The summed E-state index contributed by atoms with van der Waals surface area (Å²) >= 11 is 5.92. The quantitative estimate of drug-likeness (QED) is 0.571. The molecule has 0 fully saturated rings. The van der Waals surface area contributed by atoms with Crippen LogP contribution in [0.3, 0.4) is 0 Å². The zero-order valence-corrected chi connectivity index (χ0v) is 19.0. The second-order valence-corrected chi connectivity index (χ2v) is 9.26. The Kier molecular flexibility index (Phi) is 7.80. The Morgan fingerprint density at radius 3 is 2.45 bits per heavy atom. The molecule has 2 N–H and O–H groups in total. The van der Waals surface area contributed by atoms with Crippen molar-refractivity contribution in [2.45, 2.75) is 44.0 Å². The molecule has 0 saturated carbocycles. The highest BCUT2D eigenvalue weighted by atomic mass is 35.5. The molecule has 31 heavy (non-hydrogen) atoms. The van der Waals surface area contributed by atoms with Crippen LogP contribution in [0.15, 0.2) is 35.2 Å². The first-order chi connectivity index (χ1) is 14.4. The minimum absolute atomic E-state index is 0.0152. The van der Waals surface area contributed by atoms with Gasteiger partial charge in [0.05, 0.1) is 18.4 Å². The van der Waals surface area contributed by atoms with E-state index in [1.54, 1.807) is 19.9 Å². The van der Waals surface area contributed by atoms with E-state index in [4.69, 9.17) is 21.4 Å². The van der Waals surface area contributed by atoms with Gasteiger partial charge in [-0.25, -0.2) is 12.8 Å². The number of methoxy groups -OCH3 is 1. The lowest BCUT2D eigenvalue weighted by Crippen LogP contribution is -2.45. The largest absolute Gasteiger partial charge is 0.481 e. The molecule has 0 heterocycles. The van der Waals surface area contributed by atoms with E-state index < -0.39 is 46.2 Å². The summed E-state index contributed by atoms with van der Waals surface area (Å²) in [5.74, 6) is -3.67. The average Bonchev–Trinajstić information content (AvgIpc) is 2.69. The van der Waals surface area contributed by atoms with E-state index in [0.29, 0.717) is 5.56 Å². The minimum atomic E-state index is -4.42. The van der Waals surface area contributed by atoms with Crippen LogP contribution in [0.5, 0.6) is 0 Å². The molecule has 2 rings (SSSR count). The van der Waals surface area contributed by atoms with Crippen LogP contribution in [0.2, 0.25) is 5.02 Å². The predicted octanol–water partition coefficient (Wildman–Crippen LogP) is 3.35. The smallest absolute Gasteiger partial charge is 0.324 e. The first-order valence-electron chi connectivity index (χ1n) is 9.25. The zero-order valence-electron chi connectivity index (χ0n) is 17.4. The van der Waals surface area contributed by atoms with Crippen molar-refractivity contribution < 1.29 is 32.2 Å². The number of carboxylic acid groups (broad SMARTS) is 1. The lowest BCUT2D eigenvalue weighted by atomic mass is 9.88. The summed E-state index contributed by atoms with van der Waals surface area (Å²) in [7, 11) is -3.33. The molecule has 10 heteroatoms. The van der Waals surface area contributed by atoms with Crippen LogP contribution >= 0.6 is 11.6 Å². The number of benzene rings is 2. The van der Waals surface area contributed by atoms with Gasteiger partial charge in [-0.05, 0) is 54.3 Å². The molecule has 0 bridgehead atoms. The molecule has 0 spiro atoms. The lowest BCUT2D eigenvalue weighted by molar-refractivity contribution is -0.143. The Balaban J connectivity index is 2.56. The number of ether oxygens (including phenoxy) is 1. The molecule has 0 aliphatic rings. The van der Waals surface area contributed by atoms with Gasteiger partial charge in [-0.15, -0.1) is 0 Å². The number of esters is 1. The number of nitrogens with one attached hydrogen (secondary N) is 1. The Labute approximate surface area is 185 Å². The van der Waals surface area contributed by atoms with Crippen LogP contribution in [0.25, 0.3) is 0 Å². The summed E-state index contributed by atoms with van der Waals surface area (Å²) in [6.45, 7) is 4.95. The Bertz CT molecular complexity index is 1120. The molecule has 2 atom stereocenters. The Hall–Kier alpha value is -2.49. The normalized spacial score (nSPS) is 13.5. The fourth-order valence-corrected chi connectivity index (χ4v) is 5.10. The summed E-state index contributed by atoms with van der Waals surface area (Å²) in [4.78, 5) is 23.2. The monoisotopic (exact) mass is 471 g/mol. The number of aryl methyl sites for hydroxylation is 1. The number of carbonyl (C=O) groups excluding carboxylic acids is 1. The summed E-state index contributed by atoms with van der Waals surface area (Å²) in [5.41, 5.74) is 1.51. The molecule has 2 aromatic carbocycles. The highest BCUT2D eigenvalue weighted by Crippen LogP contribution is 2.30. The standard InChI is InChI=1S/C21H23ClFNO6S/c1-11-5-8-16(23)19(12(11)2)13(3)20(21(27)30-4)24-31(28,29)17-10-15(22)7-6-14(17)9-18(25)26/h5-8,10,13,20,24H,9H2,1-4H3,(H,25,26)/t13?,20-/m0/s1. The van der Waals surface area contributed by atoms with Gasteiger partial charge in [0.1, 0.15) is 11.9 Å². The van der Waals surface area contributed by atoms with Crippen molar-refractivity contribution >= 4 is 33.6 Å². The van der Waals surface area contributed by atoms with E-state index in [2.05, 4.69) is 4.72 Å². The summed E-state index contributed by atoms with van der Waals surface area (Å²) in [6, 6.07) is 5.11. The van der Waals surface area contributed by atoms with Crippen molar-refractivity contribution in [3.8, 4) is 0 Å². The van der Waals surface area contributed by atoms with Crippen LogP contribution in [0.1, 0.15) is 35.1 Å². The molecule has 0 aliphatic heterocycles. The van der Waals surface area contributed by atoms with Gasteiger partial charge in [-0.3, -0.25) is 9.59 Å². The van der Waals surface area contributed by atoms with Crippen molar-refractivity contribution in [1.82, 2.24) is 4.72 Å². The summed E-state index contributed by atoms with van der Waals surface area (Å²) < 4.78 is 47.9. The second-order valence-electron chi connectivity index (χ2n) is 7.14. The first-order valence-corrected chi connectivity index (χ1v) is 11.1. The van der Waals surface area contributed by atoms with Crippen LogP contribution in [0.4, 0.5) is 4.39 Å². The van der Waals surface area contributed by atoms with E-state index in [9.17, 15) is 22.4 Å². The maximum absolute atomic E-state index is 14.6. The molecule has 2 aromatic rings. The molecule has 0 amide bonds. The molecular formula is C21H23ClFNO6S. The molecule has 0 radical (unpaired) electrons. The molecule has 1 unspecified atom stereocenters. The maximum atomic E-state index is 14.6. The van der Waals surface area contributed by atoms with Crippen LogP contribution in [0, 0.1) is 19.7 Å². The van der Waals surface area contributed by atoms with Gasteiger partial charge in [-0.2, -0.15) is 4.72 Å². The molecule has 7 nitrogen and oxygen atoms in total. The van der Waals surface area contributed by atoms with Crippen molar-refractivity contribution in [1.29, 1.82) is 0 Å². The van der Waals surface area contributed by atoms with Gasteiger partial charge in [0.25, 0.3) is 0 Å². The molecule has 0 aromatic heterocycles. The first kappa shape index (κ1) is 24.8. The number of hydrogen-bond acceptors (Lipinski definition) is 5. The third-order valence-electron chi connectivity index (χ3n) is 5.09. The van der Waals surface area contributed by atoms with Gasteiger partial charge in [0, 0.05) is 10.9 Å². The number of hydrogen-bond donors (Lipinski definition) is 2. The van der Waals surface area contributed by atoms with E-state index in [1.165, 1.54) is 25.1 Å². The molecule has 168 valence electrons. The van der Waals surface area contributed by atoms with Gasteiger partial charge in [0.2, 0.25) is 10.0 Å². The average molecular weight is 472 g/mol. The van der Waals surface area contributed by atoms with Crippen molar-refractivity contribution in [2.24, 2.45) is 0 Å². The second kappa shape index (κ2) is 9.76. The number of halogens is 2. The van der Waals surface area contributed by atoms with E-state index in [1.807, 2.05) is 0 Å². The van der Waals surface area contributed by atoms with Crippen LogP contribution < -0.4 is 4.72 Å². The highest BCUT2D eigenvalue weighted by Gasteiger charge is 2.35. The van der Waals surface area contributed by atoms with Gasteiger partial charge in [-0.1, -0.05) is 30.7 Å². The number of sulfonamides is 1. The maximum Gasteiger partial charge on any atom is 0.324 e. The molecular weight excluding hydrogens is 449 g/mol. The molecule has 0 aliphatic carbocycles. The number of carbonyl (C=O) groups is 2. The van der Waals surface area contributed by atoms with Gasteiger partial charge >= 0.3 is 11.9 Å². The summed E-state index contributed by atoms with van der Waals surface area (Å²) in [6.07, 6.45) is -0.572. The topological polar surface area (TPSA) is 110 Å². The van der Waals surface area contributed by atoms with E-state index >= 15 is 0 Å². The number of rotatable bonds is 8. The van der Waals surface area contributed by atoms with Crippen molar-refractivity contribution in [3.05, 3.63) is 63.4 Å². The Morgan fingerprint density at radius 2 is 1.87 bits per heavy atom. The lowest BCUT2D eigenvalue weighted by Gasteiger charge is -2.26. The van der Waals surface area contributed by atoms with Crippen molar-refractivity contribution in [2.75, 3.05) is 7.11 Å². The highest BCUT2D eigenvalue weighted by molar-refractivity contribution is 7.89. The zero-order chi connectivity index (χ0) is 23.5. The summed E-state index contributed by atoms with van der Waals surface area (Å²) in [5, 5.41) is 9.16. The fourth-order valence-electron chi connectivity index (χ4n) is 3.33. The van der Waals surface area contributed by atoms with E-state index in [-0.39, 0.29) is 21.0 Å². The number of carboxylic acids is 1. The van der Waals surface area contributed by atoms with Gasteiger partial charge in [0.15, 0.2) is 0 Å². The molecule has 0 saturated heterocycles. The van der Waals surface area contributed by atoms with Crippen LogP contribution in [-0.2, 0) is 30.8 Å². The third kappa shape index (κ3) is 5.61. The SMILES string of the molecule is COC(=O)[C@@H](NS(=O)(=O)c1cc(Cl)ccc1CC(=O)O)C(C)c1c(F)ccc(C)c1C. The Morgan fingerprint density at radius 1 is 1.23 bits per heavy atom. The fraction of sp³-hybridized carbons (Fsp3) is 0.333. The van der Waals surface area contributed by atoms with E-state index in [0.717, 1.165) is 18.7 Å². The number of aliphatic carboxylic acids is 1. The van der Waals surface area contributed by atoms with Gasteiger partial charge < -0.3 is 9.84 Å². The third-order valence-corrected chi connectivity index (χ3v) is 6.84.